The van der Waals surface area contributed by atoms with Gasteiger partial charge in [-0.25, -0.2) is 13.2 Å². The molecule has 6 nitrogen and oxygen atoms in total. The number of hydrogen-bond donors (Lipinski definition) is 2. The molecule has 0 radical (unpaired) electrons. The Morgan fingerprint density at radius 2 is 1.73 bits per heavy atom. The second kappa shape index (κ2) is 9.16. The fourth-order valence-corrected chi connectivity index (χ4v) is 5.81. The summed E-state index contributed by atoms with van der Waals surface area (Å²) in [5, 5.41) is 5.16. The third kappa shape index (κ3) is 5.59. The van der Waals surface area contributed by atoms with E-state index < -0.39 is 9.84 Å². The van der Waals surface area contributed by atoms with Crippen LogP contribution in [0.2, 0.25) is 0 Å². The average Bonchev–Trinajstić information content (AvgIpc) is 2.73. The largest absolute Gasteiger partial charge is 0.334 e. The van der Waals surface area contributed by atoms with Gasteiger partial charge in [0.25, 0.3) is 0 Å². The number of benzene rings is 1. The molecule has 30 heavy (non-hydrogen) atoms. The molecule has 1 aromatic carbocycles. The Labute approximate surface area is 179 Å². The van der Waals surface area contributed by atoms with Gasteiger partial charge in [-0.15, -0.1) is 0 Å². The van der Waals surface area contributed by atoms with Gasteiger partial charge in [-0.2, -0.15) is 0 Å². The van der Waals surface area contributed by atoms with Crippen LogP contribution >= 0.6 is 0 Å². The summed E-state index contributed by atoms with van der Waals surface area (Å²) < 4.78 is 26.1. The van der Waals surface area contributed by atoms with E-state index in [0.717, 1.165) is 18.4 Å². The average molecular weight is 430 g/mol. The second-order valence-corrected chi connectivity index (χ2v) is 11.3. The number of carbonyl (C=O) groups is 1. The van der Waals surface area contributed by atoms with E-state index >= 15 is 0 Å². The van der Waals surface area contributed by atoms with Crippen molar-refractivity contribution in [3.63, 3.8) is 0 Å². The van der Waals surface area contributed by atoms with Crippen molar-refractivity contribution in [3.8, 4) is 0 Å². The summed E-state index contributed by atoms with van der Waals surface area (Å²) in [5.74, 6) is 0.570. The topological polar surface area (TPSA) is 88.2 Å². The summed E-state index contributed by atoms with van der Waals surface area (Å²) >= 11 is 0. The number of pyridine rings is 1. The first-order valence-electron chi connectivity index (χ1n) is 10.4. The van der Waals surface area contributed by atoms with E-state index in [1.54, 1.807) is 36.7 Å². The minimum absolute atomic E-state index is 0.222. The molecule has 162 valence electrons. The van der Waals surface area contributed by atoms with Crippen molar-refractivity contribution in [2.24, 2.45) is 11.3 Å². The van der Waals surface area contributed by atoms with E-state index in [1.807, 2.05) is 12.1 Å². The summed E-state index contributed by atoms with van der Waals surface area (Å²) in [6.45, 7) is 7.05. The number of nitrogens with zero attached hydrogens (tertiary/aromatic N) is 1. The van der Waals surface area contributed by atoms with E-state index in [2.05, 4.69) is 36.4 Å². The minimum atomic E-state index is -3.36. The molecule has 0 bridgehead atoms. The number of rotatable bonds is 5. The quantitative estimate of drug-likeness (QED) is 0.716. The van der Waals surface area contributed by atoms with Gasteiger partial charge in [0.05, 0.1) is 10.1 Å². The van der Waals surface area contributed by atoms with E-state index in [0.29, 0.717) is 35.9 Å². The highest BCUT2D eigenvalue weighted by molar-refractivity contribution is 7.92. The Morgan fingerprint density at radius 1 is 1.07 bits per heavy atom. The molecule has 1 fully saturated rings. The van der Waals surface area contributed by atoms with Crippen LogP contribution in [0, 0.1) is 11.3 Å². The van der Waals surface area contributed by atoms with Crippen LogP contribution in [0.4, 0.5) is 10.5 Å². The molecule has 0 aliphatic heterocycles. The van der Waals surface area contributed by atoms with Crippen molar-refractivity contribution in [3.05, 3.63) is 54.4 Å². The third-order valence-electron chi connectivity index (χ3n) is 5.95. The lowest BCUT2D eigenvalue weighted by molar-refractivity contribution is 0.180. The normalized spacial score (nSPS) is 19.8. The van der Waals surface area contributed by atoms with Gasteiger partial charge in [0.2, 0.25) is 0 Å². The molecule has 2 aromatic rings. The van der Waals surface area contributed by atoms with Gasteiger partial charge in [-0.3, -0.25) is 4.98 Å². The molecular formula is C23H31N3O3S. The summed E-state index contributed by atoms with van der Waals surface area (Å²) in [7, 11) is -3.36. The van der Waals surface area contributed by atoms with Gasteiger partial charge in [0.1, 0.15) is 0 Å². The minimum Gasteiger partial charge on any atom is -0.334 e. The predicted molar refractivity (Wildman–Crippen MR) is 119 cm³/mol. The zero-order valence-corrected chi connectivity index (χ0v) is 18.7. The Hall–Kier alpha value is -2.41. The Kier molecular flexibility index (Phi) is 6.81. The Balaban J connectivity index is 1.56. The number of carbonyl (C=O) groups excluding carboxylic acids is 1. The number of nitrogens with one attached hydrogen (secondary N) is 2. The number of sulfone groups is 1. The summed E-state index contributed by atoms with van der Waals surface area (Å²) in [5.41, 5.74) is 1.67. The monoisotopic (exact) mass is 429 g/mol. The molecule has 0 saturated heterocycles. The molecule has 0 unspecified atom stereocenters. The molecule has 0 spiro atoms. The van der Waals surface area contributed by atoms with E-state index in [9.17, 15) is 13.2 Å². The lowest BCUT2D eigenvalue weighted by atomic mass is 9.72. The Morgan fingerprint density at radius 3 is 2.30 bits per heavy atom. The maximum atomic E-state index is 13.0. The van der Waals surface area contributed by atoms with E-state index in [-0.39, 0.29) is 16.7 Å². The number of aromatic nitrogens is 1. The Bertz CT molecular complexity index is 943. The molecule has 2 amide bonds. The highest BCUT2D eigenvalue weighted by Gasteiger charge is 2.35. The van der Waals surface area contributed by atoms with Crippen molar-refractivity contribution >= 4 is 21.6 Å². The van der Waals surface area contributed by atoms with Crippen LogP contribution in [0.15, 0.2) is 53.7 Å². The van der Waals surface area contributed by atoms with Crippen molar-refractivity contribution in [1.82, 2.24) is 10.3 Å². The molecule has 1 heterocycles. The molecule has 3 rings (SSSR count). The zero-order valence-electron chi connectivity index (χ0n) is 17.9. The van der Waals surface area contributed by atoms with E-state index in [4.69, 9.17) is 0 Å². The van der Waals surface area contributed by atoms with Gasteiger partial charge in [0, 0.05) is 24.6 Å². The molecule has 1 saturated carbocycles. The second-order valence-electron chi connectivity index (χ2n) is 9.08. The standard InChI is InChI=1S/C23H31N3O3S/c1-23(2,3)18-6-10-20(11-7-18)30(28,29)21-12-8-19(9-13-21)26-22(27)25-16-17-5-4-14-24-15-17/h4-5,8-9,12-15,18,20H,6-7,10-11,16H2,1-3H3,(H2,25,26,27). The first kappa shape index (κ1) is 22.3. The van der Waals surface area contributed by atoms with Crippen LogP contribution in [0.3, 0.4) is 0 Å². The molecule has 0 atom stereocenters. The van der Waals surface area contributed by atoms with Crippen molar-refractivity contribution in [1.29, 1.82) is 0 Å². The smallest absolute Gasteiger partial charge is 0.319 e. The molecule has 7 heteroatoms. The lowest BCUT2D eigenvalue weighted by Crippen LogP contribution is -2.32. The van der Waals surface area contributed by atoms with Crippen LogP contribution in [0.1, 0.15) is 52.0 Å². The van der Waals surface area contributed by atoms with Gasteiger partial charge < -0.3 is 10.6 Å². The summed E-state index contributed by atoms with van der Waals surface area (Å²) in [4.78, 5) is 16.4. The van der Waals surface area contributed by atoms with Crippen molar-refractivity contribution in [2.75, 3.05) is 5.32 Å². The third-order valence-corrected chi connectivity index (χ3v) is 8.23. The van der Waals surface area contributed by atoms with Gasteiger partial charge in [-0.1, -0.05) is 26.8 Å². The van der Waals surface area contributed by atoms with Crippen LogP contribution in [0.25, 0.3) is 0 Å². The van der Waals surface area contributed by atoms with Gasteiger partial charge in [-0.05, 0) is 72.9 Å². The summed E-state index contributed by atoms with van der Waals surface area (Å²) in [6, 6.07) is 9.78. The van der Waals surface area contributed by atoms with E-state index in [1.165, 1.54) is 0 Å². The molecular weight excluding hydrogens is 398 g/mol. The number of hydrogen-bond acceptors (Lipinski definition) is 4. The molecule has 2 N–H and O–H groups in total. The van der Waals surface area contributed by atoms with Crippen molar-refractivity contribution < 1.29 is 13.2 Å². The number of urea groups is 1. The highest BCUT2D eigenvalue weighted by Crippen LogP contribution is 2.40. The van der Waals surface area contributed by atoms with Gasteiger partial charge in [0.15, 0.2) is 9.84 Å². The maximum Gasteiger partial charge on any atom is 0.319 e. The molecule has 1 aliphatic carbocycles. The number of amides is 2. The first-order chi connectivity index (χ1) is 14.2. The molecule has 1 aromatic heterocycles. The SMILES string of the molecule is CC(C)(C)C1CCC(S(=O)(=O)c2ccc(NC(=O)NCc3cccnc3)cc2)CC1. The van der Waals surface area contributed by atoms with Crippen LogP contribution in [0.5, 0.6) is 0 Å². The summed E-state index contributed by atoms with van der Waals surface area (Å²) in [6.07, 6.45) is 6.68. The fourth-order valence-electron chi connectivity index (χ4n) is 4.02. The van der Waals surface area contributed by atoms with Gasteiger partial charge >= 0.3 is 6.03 Å². The maximum absolute atomic E-state index is 13.0. The highest BCUT2D eigenvalue weighted by atomic mass is 32.2. The lowest BCUT2D eigenvalue weighted by Gasteiger charge is -2.36. The molecule has 1 aliphatic rings. The predicted octanol–water partition coefficient (Wildman–Crippen LogP) is 4.78. The van der Waals surface area contributed by atoms with Crippen molar-refractivity contribution in [2.45, 2.75) is 63.1 Å². The van der Waals surface area contributed by atoms with Crippen LogP contribution in [-0.2, 0) is 16.4 Å². The fraction of sp³-hybridized carbons (Fsp3) is 0.478. The first-order valence-corrected chi connectivity index (χ1v) is 12.0. The number of anilines is 1. The van der Waals surface area contributed by atoms with Crippen LogP contribution in [-0.4, -0.2) is 24.7 Å². The zero-order chi connectivity index (χ0) is 21.8. The van der Waals surface area contributed by atoms with Crippen LogP contribution < -0.4 is 10.6 Å².